The van der Waals surface area contributed by atoms with Gasteiger partial charge in [-0.05, 0) is 56.4 Å². The number of thioether (sulfide) groups is 1. The molecule has 0 aliphatic rings. The maximum Gasteiger partial charge on any atom is 0.248 e. The maximum atomic E-state index is 12.5. The first-order valence-corrected chi connectivity index (χ1v) is 13.6. The highest BCUT2D eigenvalue weighted by molar-refractivity contribution is 7.98. The van der Waals surface area contributed by atoms with E-state index in [2.05, 4.69) is 34.7 Å². The van der Waals surface area contributed by atoms with E-state index in [4.69, 9.17) is 0 Å². The lowest BCUT2D eigenvalue weighted by molar-refractivity contribution is -0.118. The van der Waals surface area contributed by atoms with Crippen LogP contribution in [0.25, 0.3) is 10.2 Å². The summed E-state index contributed by atoms with van der Waals surface area (Å²) in [6.45, 7) is 4.79. The summed E-state index contributed by atoms with van der Waals surface area (Å²) in [7, 11) is -3.39. The Morgan fingerprint density at radius 1 is 1.17 bits per heavy atom. The van der Waals surface area contributed by atoms with Crippen molar-refractivity contribution >= 4 is 49.1 Å². The van der Waals surface area contributed by atoms with Crippen molar-refractivity contribution in [2.75, 3.05) is 12.0 Å². The van der Waals surface area contributed by atoms with E-state index in [9.17, 15) is 13.2 Å². The van der Waals surface area contributed by atoms with Crippen LogP contribution in [0.1, 0.15) is 31.7 Å². The molecule has 0 aliphatic carbocycles. The van der Waals surface area contributed by atoms with Gasteiger partial charge in [0.05, 0.1) is 20.9 Å². The molecule has 0 saturated carbocycles. The molecule has 0 fully saturated rings. The zero-order chi connectivity index (χ0) is 21.7. The van der Waals surface area contributed by atoms with Gasteiger partial charge in [-0.3, -0.25) is 4.79 Å². The number of thiazole rings is 1. The molecule has 3 aromatic rings. The number of carbonyl (C=O) groups is 1. The molecule has 8 heteroatoms. The molecule has 160 valence electrons. The molecule has 3 rings (SSSR count). The third-order valence-electron chi connectivity index (χ3n) is 4.74. The lowest BCUT2D eigenvalue weighted by atomic mass is 10.2. The first kappa shape index (κ1) is 22.8. The molecule has 1 aromatic heterocycles. The minimum atomic E-state index is -3.39. The van der Waals surface area contributed by atoms with Crippen molar-refractivity contribution in [2.24, 2.45) is 4.99 Å². The number of rotatable bonds is 8. The van der Waals surface area contributed by atoms with E-state index in [1.54, 1.807) is 36.0 Å². The van der Waals surface area contributed by atoms with E-state index in [1.807, 2.05) is 13.2 Å². The fourth-order valence-electron chi connectivity index (χ4n) is 3.14. The van der Waals surface area contributed by atoms with Crippen molar-refractivity contribution in [3.05, 3.63) is 52.8 Å². The molecule has 2 aromatic carbocycles. The van der Waals surface area contributed by atoms with Crippen LogP contribution in [0.2, 0.25) is 0 Å². The molecular weight excluding hydrogens is 436 g/mol. The zero-order valence-electron chi connectivity index (χ0n) is 17.4. The van der Waals surface area contributed by atoms with Gasteiger partial charge in [0.25, 0.3) is 0 Å². The van der Waals surface area contributed by atoms with Gasteiger partial charge in [-0.15, -0.1) is 11.8 Å². The lowest BCUT2D eigenvalue weighted by Gasteiger charge is -2.04. The van der Waals surface area contributed by atoms with Crippen molar-refractivity contribution in [3.8, 4) is 0 Å². The fourth-order valence-corrected chi connectivity index (χ4v) is 6.08. The normalized spacial score (nSPS) is 12.6. The molecule has 0 bridgehead atoms. The van der Waals surface area contributed by atoms with Crippen molar-refractivity contribution in [3.63, 3.8) is 0 Å². The third-order valence-corrected chi connectivity index (χ3v) is 8.32. The van der Waals surface area contributed by atoms with Crippen LogP contribution in [0, 0.1) is 6.92 Å². The van der Waals surface area contributed by atoms with Crippen molar-refractivity contribution < 1.29 is 13.2 Å². The second kappa shape index (κ2) is 9.94. The minimum absolute atomic E-state index is 0.0597. The standard InChI is InChI=1S/C22H26N2O3S3/c1-4-13-24-19-12-9-17(28-3)15-20(19)29-22(24)23-21(25)6-5-14-30(26,27)18-10-7-16(2)8-11-18/h7-12,15H,4-6,13-14H2,1-3H3. The molecular formula is C22H26N2O3S3. The highest BCUT2D eigenvalue weighted by atomic mass is 32.2. The van der Waals surface area contributed by atoms with E-state index >= 15 is 0 Å². The summed E-state index contributed by atoms with van der Waals surface area (Å²) in [5, 5.41) is 0. The Kier molecular flexibility index (Phi) is 7.55. The second-order valence-corrected chi connectivity index (χ2v) is 11.1. The van der Waals surface area contributed by atoms with Gasteiger partial charge < -0.3 is 4.57 Å². The summed E-state index contributed by atoms with van der Waals surface area (Å²) in [6.07, 6.45) is 3.34. The number of hydrogen-bond donors (Lipinski definition) is 0. The van der Waals surface area contributed by atoms with Crippen LogP contribution < -0.4 is 4.80 Å². The largest absolute Gasteiger partial charge is 0.316 e. The van der Waals surface area contributed by atoms with Gasteiger partial charge >= 0.3 is 0 Å². The number of benzene rings is 2. The molecule has 0 unspecified atom stereocenters. The van der Waals surface area contributed by atoms with Crippen molar-refractivity contribution in [1.29, 1.82) is 0 Å². The number of hydrogen-bond acceptors (Lipinski definition) is 5. The van der Waals surface area contributed by atoms with E-state index in [0.717, 1.165) is 28.7 Å². The average Bonchev–Trinajstić information content (AvgIpc) is 3.04. The molecule has 0 atom stereocenters. The van der Waals surface area contributed by atoms with Gasteiger partial charge in [0.2, 0.25) is 5.91 Å². The van der Waals surface area contributed by atoms with Crippen molar-refractivity contribution in [1.82, 2.24) is 4.57 Å². The molecule has 30 heavy (non-hydrogen) atoms. The predicted octanol–water partition coefficient (Wildman–Crippen LogP) is 4.82. The van der Waals surface area contributed by atoms with E-state index in [1.165, 1.54) is 16.2 Å². The summed E-state index contributed by atoms with van der Waals surface area (Å²) < 4.78 is 28.1. The Bertz CT molecular complexity index is 1210. The summed E-state index contributed by atoms with van der Waals surface area (Å²) >= 11 is 3.18. The smallest absolute Gasteiger partial charge is 0.248 e. The quantitative estimate of drug-likeness (QED) is 0.450. The number of fused-ring (bicyclic) bond motifs is 1. The fraction of sp³-hybridized carbons (Fsp3) is 0.364. The number of aryl methyl sites for hydroxylation is 2. The molecule has 0 aliphatic heterocycles. The Morgan fingerprint density at radius 2 is 1.90 bits per heavy atom. The highest BCUT2D eigenvalue weighted by Crippen LogP contribution is 2.24. The van der Waals surface area contributed by atoms with Gasteiger partial charge in [0.15, 0.2) is 14.6 Å². The van der Waals surface area contributed by atoms with Crippen LogP contribution in [0.5, 0.6) is 0 Å². The Labute approximate surface area is 185 Å². The van der Waals surface area contributed by atoms with E-state index in [-0.39, 0.29) is 24.5 Å². The number of nitrogens with zero attached hydrogens (tertiary/aromatic N) is 2. The number of sulfone groups is 1. The first-order chi connectivity index (χ1) is 14.3. The molecule has 0 spiro atoms. The molecule has 0 saturated heterocycles. The number of aromatic nitrogens is 1. The lowest BCUT2D eigenvalue weighted by Crippen LogP contribution is -2.17. The van der Waals surface area contributed by atoms with Crippen LogP contribution in [-0.2, 0) is 21.2 Å². The average molecular weight is 463 g/mol. The monoisotopic (exact) mass is 462 g/mol. The number of carbonyl (C=O) groups excluding carboxylic acids is 1. The van der Waals surface area contributed by atoms with Crippen molar-refractivity contribution in [2.45, 2.75) is 49.4 Å². The Balaban J connectivity index is 1.75. The molecule has 0 N–H and O–H groups in total. The van der Waals surface area contributed by atoms with Gasteiger partial charge in [-0.25, -0.2) is 8.42 Å². The maximum absolute atomic E-state index is 12.5. The molecule has 1 heterocycles. The van der Waals surface area contributed by atoms with Crippen LogP contribution in [-0.4, -0.2) is 30.9 Å². The summed E-state index contributed by atoms with van der Waals surface area (Å²) in [4.78, 5) is 18.9. The van der Waals surface area contributed by atoms with Crippen LogP contribution >= 0.6 is 23.1 Å². The van der Waals surface area contributed by atoms with Gasteiger partial charge in [0.1, 0.15) is 0 Å². The Hall–Kier alpha value is -1.90. The van der Waals surface area contributed by atoms with Gasteiger partial charge in [0, 0.05) is 17.9 Å². The molecule has 5 nitrogen and oxygen atoms in total. The van der Waals surface area contributed by atoms with Gasteiger partial charge in [-0.1, -0.05) is 36.0 Å². The second-order valence-electron chi connectivity index (χ2n) is 7.11. The molecule has 1 amide bonds. The van der Waals surface area contributed by atoms with E-state index in [0.29, 0.717) is 9.70 Å². The first-order valence-electron chi connectivity index (χ1n) is 9.88. The molecule has 0 radical (unpaired) electrons. The Morgan fingerprint density at radius 3 is 2.57 bits per heavy atom. The summed E-state index contributed by atoms with van der Waals surface area (Å²) in [5.41, 5.74) is 2.09. The highest BCUT2D eigenvalue weighted by Gasteiger charge is 2.15. The van der Waals surface area contributed by atoms with Crippen LogP contribution in [0.4, 0.5) is 0 Å². The van der Waals surface area contributed by atoms with Gasteiger partial charge in [-0.2, -0.15) is 4.99 Å². The zero-order valence-corrected chi connectivity index (χ0v) is 19.9. The number of amides is 1. The van der Waals surface area contributed by atoms with Crippen LogP contribution in [0.15, 0.2) is 57.2 Å². The SMILES string of the molecule is CCCn1c(=NC(=O)CCCS(=O)(=O)c2ccc(C)cc2)sc2cc(SC)ccc21. The third kappa shape index (κ3) is 5.42. The predicted molar refractivity (Wildman–Crippen MR) is 125 cm³/mol. The van der Waals surface area contributed by atoms with E-state index < -0.39 is 9.84 Å². The summed E-state index contributed by atoms with van der Waals surface area (Å²) in [5.74, 6) is -0.342. The summed E-state index contributed by atoms with van der Waals surface area (Å²) in [6, 6.07) is 13.1. The minimum Gasteiger partial charge on any atom is -0.316 e. The van der Waals surface area contributed by atoms with Crippen LogP contribution in [0.3, 0.4) is 0 Å². The topological polar surface area (TPSA) is 68.5 Å².